The minimum atomic E-state index is 0. The Morgan fingerprint density at radius 3 is 2.88 bits per heavy atom. The second-order valence-corrected chi connectivity index (χ2v) is 4.68. The summed E-state index contributed by atoms with van der Waals surface area (Å²) >= 11 is 1.76. The van der Waals surface area contributed by atoms with Crippen molar-refractivity contribution in [2.75, 3.05) is 31.1 Å². The van der Waals surface area contributed by atoms with Gasteiger partial charge in [0.15, 0.2) is 0 Å². The Morgan fingerprint density at radius 1 is 1.25 bits per heavy atom. The number of nitrogens with zero attached hydrogens (tertiary/aromatic N) is 2. The first-order valence-corrected chi connectivity index (χ1v) is 6.10. The molecule has 0 atom stereocenters. The van der Waals surface area contributed by atoms with Crippen LogP contribution in [-0.2, 0) is 0 Å². The highest BCUT2D eigenvalue weighted by atomic mass is 35.5. The number of fused-ring (bicyclic) bond motifs is 1. The second kappa shape index (κ2) is 4.99. The van der Waals surface area contributed by atoms with Crippen molar-refractivity contribution in [3.05, 3.63) is 23.8 Å². The lowest BCUT2D eigenvalue weighted by molar-refractivity contribution is 0.590. The van der Waals surface area contributed by atoms with Gasteiger partial charge in [-0.2, -0.15) is 0 Å². The summed E-state index contributed by atoms with van der Waals surface area (Å²) in [7, 11) is 0. The third kappa shape index (κ3) is 2.00. The molecule has 1 aliphatic heterocycles. The van der Waals surface area contributed by atoms with E-state index >= 15 is 0 Å². The van der Waals surface area contributed by atoms with Crippen LogP contribution in [0.1, 0.15) is 0 Å². The maximum absolute atomic E-state index is 4.31. The fourth-order valence-electron chi connectivity index (χ4n) is 2.04. The SMILES string of the molecule is Cl.c1cc2c(N3CCNCC3)cncc2s1. The number of pyridine rings is 1. The van der Waals surface area contributed by atoms with E-state index in [2.05, 4.69) is 26.6 Å². The van der Waals surface area contributed by atoms with Crippen molar-refractivity contribution in [3.8, 4) is 0 Å². The summed E-state index contributed by atoms with van der Waals surface area (Å²) in [5, 5.41) is 6.85. The lowest BCUT2D eigenvalue weighted by Gasteiger charge is -2.29. The van der Waals surface area contributed by atoms with Crippen LogP contribution in [0.4, 0.5) is 5.69 Å². The van der Waals surface area contributed by atoms with Crippen molar-refractivity contribution >= 4 is 39.5 Å². The summed E-state index contributed by atoms with van der Waals surface area (Å²) in [6.45, 7) is 4.30. The number of hydrogen-bond donors (Lipinski definition) is 1. The number of hydrogen-bond acceptors (Lipinski definition) is 4. The molecule has 3 nitrogen and oxygen atoms in total. The van der Waals surface area contributed by atoms with Gasteiger partial charge in [0.05, 0.1) is 16.6 Å². The van der Waals surface area contributed by atoms with E-state index < -0.39 is 0 Å². The molecule has 1 N–H and O–H groups in total. The molecule has 3 rings (SSSR count). The smallest absolute Gasteiger partial charge is 0.0641 e. The first-order chi connectivity index (χ1) is 7.45. The number of halogens is 1. The Labute approximate surface area is 105 Å². The first kappa shape index (κ1) is 11.6. The molecular weight excluding hydrogens is 242 g/mol. The van der Waals surface area contributed by atoms with Crippen LogP contribution in [0.2, 0.25) is 0 Å². The quantitative estimate of drug-likeness (QED) is 0.846. The maximum Gasteiger partial charge on any atom is 0.0641 e. The number of rotatable bonds is 1. The Kier molecular flexibility index (Phi) is 3.63. The fourth-order valence-corrected chi connectivity index (χ4v) is 2.81. The second-order valence-electron chi connectivity index (χ2n) is 3.73. The summed E-state index contributed by atoms with van der Waals surface area (Å²) in [5.74, 6) is 0. The molecule has 1 fully saturated rings. The zero-order valence-electron chi connectivity index (χ0n) is 8.85. The predicted octanol–water partition coefficient (Wildman–Crippen LogP) is 2.13. The highest BCUT2D eigenvalue weighted by Crippen LogP contribution is 2.29. The van der Waals surface area contributed by atoms with Crippen LogP contribution in [0.25, 0.3) is 10.1 Å². The summed E-state index contributed by atoms with van der Waals surface area (Å²) in [6, 6.07) is 2.19. The molecule has 0 aliphatic carbocycles. The Balaban J connectivity index is 0.000000963. The van der Waals surface area contributed by atoms with E-state index in [0.29, 0.717) is 0 Å². The number of anilines is 1. The molecule has 0 spiro atoms. The summed E-state index contributed by atoms with van der Waals surface area (Å²) in [6.07, 6.45) is 3.94. The van der Waals surface area contributed by atoms with Gasteiger partial charge in [0, 0.05) is 37.8 Å². The van der Waals surface area contributed by atoms with Crippen LogP contribution < -0.4 is 10.2 Å². The van der Waals surface area contributed by atoms with Gasteiger partial charge >= 0.3 is 0 Å². The zero-order valence-corrected chi connectivity index (χ0v) is 10.5. The Bertz CT molecular complexity index is 465. The van der Waals surface area contributed by atoms with E-state index in [0.717, 1.165) is 26.2 Å². The normalized spacial score (nSPS) is 16.1. The standard InChI is InChI=1S/C11H13N3S.ClH/c1-6-15-11-8-13-7-10(9(1)11)14-4-2-12-3-5-14;/h1,6-8,12H,2-5H2;1H. The maximum atomic E-state index is 4.31. The van der Waals surface area contributed by atoms with E-state index in [1.54, 1.807) is 11.3 Å². The Morgan fingerprint density at radius 2 is 2.06 bits per heavy atom. The van der Waals surface area contributed by atoms with E-state index in [1.165, 1.54) is 15.8 Å². The van der Waals surface area contributed by atoms with Crippen LogP contribution in [-0.4, -0.2) is 31.2 Å². The lowest BCUT2D eigenvalue weighted by atomic mass is 10.2. The molecule has 5 heteroatoms. The van der Waals surface area contributed by atoms with Crippen LogP contribution in [0, 0.1) is 0 Å². The van der Waals surface area contributed by atoms with Crippen molar-refractivity contribution in [3.63, 3.8) is 0 Å². The highest BCUT2D eigenvalue weighted by Gasteiger charge is 2.13. The molecule has 2 aromatic heterocycles. The highest BCUT2D eigenvalue weighted by molar-refractivity contribution is 7.17. The van der Waals surface area contributed by atoms with Gasteiger partial charge in [-0.1, -0.05) is 0 Å². The number of thiophene rings is 1. The molecule has 2 aromatic rings. The van der Waals surface area contributed by atoms with E-state index in [9.17, 15) is 0 Å². The van der Waals surface area contributed by atoms with Crippen molar-refractivity contribution in [1.82, 2.24) is 10.3 Å². The molecule has 16 heavy (non-hydrogen) atoms. The molecule has 0 bridgehead atoms. The van der Waals surface area contributed by atoms with Crippen molar-refractivity contribution in [2.24, 2.45) is 0 Å². The molecule has 1 aliphatic rings. The third-order valence-corrected chi connectivity index (χ3v) is 3.67. The van der Waals surface area contributed by atoms with Crippen LogP contribution in [0.15, 0.2) is 23.8 Å². The van der Waals surface area contributed by atoms with Crippen molar-refractivity contribution in [2.45, 2.75) is 0 Å². The van der Waals surface area contributed by atoms with Gasteiger partial charge in [-0.05, 0) is 11.4 Å². The molecule has 1 saturated heterocycles. The first-order valence-electron chi connectivity index (χ1n) is 5.22. The van der Waals surface area contributed by atoms with Gasteiger partial charge in [-0.25, -0.2) is 0 Å². The molecule has 0 saturated carbocycles. The van der Waals surface area contributed by atoms with Gasteiger partial charge in [0.2, 0.25) is 0 Å². The van der Waals surface area contributed by atoms with Crippen LogP contribution in [0.3, 0.4) is 0 Å². The molecular formula is C11H14ClN3S. The lowest BCUT2D eigenvalue weighted by Crippen LogP contribution is -2.43. The monoisotopic (exact) mass is 255 g/mol. The van der Waals surface area contributed by atoms with Gasteiger partial charge in [0.1, 0.15) is 0 Å². The predicted molar refractivity (Wildman–Crippen MR) is 72.0 cm³/mol. The topological polar surface area (TPSA) is 28.2 Å². The van der Waals surface area contributed by atoms with Crippen LogP contribution in [0.5, 0.6) is 0 Å². The summed E-state index contributed by atoms with van der Waals surface area (Å²) in [5.41, 5.74) is 1.29. The minimum Gasteiger partial charge on any atom is -0.367 e. The van der Waals surface area contributed by atoms with Gasteiger partial charge in [0.25, 0.3) is 0 Å². The average Bonchev–Trinajstić information content (AvgIpc) is 2.78. The fraction of sp³-hybridized carbons (Fsp3) is 0.364. The molecule has 86 valence electrons. The molecule has 0 amide bonds. The van der Waals surface area contributed by atoms with Crippen molar-refractivity contribution in [1.29, 1.82) is 0 Å². The van der Waals surface area contributed by atoms with E-state index in [-0.39, 0.29) is 12.4 Å². The molecule has 0 unspecified atom stereocenters. The van der Waals surface area contributed by atoms with Crippen LogP contribution >= 0.6 is 23.7 Å². The van der Waals surface area contributed by atoms with Gasteiger partial charge in [-0.3, -0.25) is 4.98 Å². The Hall–Kier alpha value is -0.840. The number of aromatic nitrogens is 1. The molecule has 0 aromatic carbocycles. The average molecular weight is 256 g/mol. The van der Waals surface area contributed by atoms with Gasteiger partial charge in [-0.15, -0.1) is 23.7 Å². The summed E-state index contributed by atoms with van der Waals surface area (Å²) in [4.78, 5) is 6.72. The largest absolute Gasteiger partial charge is 0.367 e. The minimum absolute atomic E-state index is 0. The third-order valence-electron chi connectivity index (χ3n) is 2.82. The number of piperazine rings is 1. The number of nitrogens with one attached hydrogen (secondary N) is 1. The van der Waals surface area contributed by atoms with Crippen molar-refractivity contribution < 1.29 is 0 Å². The van der Waals surface area contributed by atoms with E-state index in [1.807, 2.05) is 12.4 Å². The van der Waals surface area contributed by atoms with Gasteiger partial charge < -0.3 is 10.2 Å². The zero-order chi connectivity index (χ0) is 10.1. The van der Waals surface area contributed by atoms with E-state index in [4.69, 9.17) is 0 Å². The molecule has 0 radical (unpaired) electrons. The summed E-state index contributed by atoms with van der Waals surface area (Å²) < 4.78 is 1.28. The molecule has 3 heterocycles.